The van der Waals surface area contributed by atoms with E-state index in [-0.39, 0.29) is 29.7 Å². The van der Waals surface area contributed by atoms with Crippen molar-refractivity contribution in [2.75, 3.05) is 6.54 Å². The Morgan fingerprint density at radius 1 is 1.24 bits per heavy atom. The molecular formula is C22H23ClN6O4. The van der Waals surface area contributed by atoms with Crippen LogP contribution in [0.25, 0.3) is 11.3 Å². The second-order valence-electron chi connectivity index (χ2n) is 8.81. The van der Waals surface area contributed by atoms with E-state index in [9.17, 15) is 14.7 Å². The van der Waals surface area contributed by atoms with Gasteiger partial charge in [0, 0.05) is 30.3 Å². The van der Waals surface area contributed by atoms with Crippen LogP contribution in [0.3, 0.4) is 0 Å². The van der Waals surface area contributed by atoms with E-state index in [1.807, 2.05) is 39.0 Å². The Balaban J connectivity index is 1.65. The van der Waals surface area contributed by atoms with Gasteiger partial charge in [-0.15, -0.1) is 10.2 Å². The molecule has 3 heterocycles. The van der Waals surface area contributed by atoms with E-state index in [1.54, 1.807) is 12.3 Å². The van der Waals surface area contributed by atoms with Crippen molar-refractivity contribution >= 4 is 23.6 Å². The number of nitrogens with zero attached hydrogens (tertiary/aromatic N) is 5. The summed E-state index contributed by atoms with van der Waals surface area (Å²) in [6.07, 6.45) is 0.915. The number of nitrogens with one attached hydrogen (secondary N) is 1. The first-order valence-electron chi connectivity index (χ1n) is 10.4. The molecule has 0 saturated heterocycles. The van der Waals surface area contributed by atoms with Crippen LogP contribution in [0.5, 0.6) is 0 Å². The number of carbonyl (C=O) groups excluding carboxylic acids is 1. The zero-order valence-corrected chi connectivity index (χ0v) is 19.1. The number of hydrogen-bond acceptors (Lipinski definition) is 7. The number of halogens is 1. The molecule has 2 aromatic heterocycles. The first-order valence-corrected chi connectivity index (χ1v) is 10.7. The van der Waals surface area contributed by atoms with Gasteiger partial charge in [-0.05, 0) is 41.3 Å². The highest BCUT2D eigenvalue weighted by atomic mass is 35.5. The van der Waals surface area contributed by atoms with Gasteiger partial charge in [0.25, 0.3) is 0 Å². The van der Waals surface area contributed by atoms with Crippen molar-refractivity contribution in [3.05, 3.63) is 58.7 Å². The van der Waals surface area contributed by atoms with E-state index < -0.39 is 18.0 Å². The fourth-order valence-electron chi connectivity index (χ4n) is 3.61. The minimum Gasteiger partial charge on any atom is -0.465 e. The number of carbonyl (C=O) groups is 2. The van der Waals surface area contributed by atoms with Crippen molar-refractivity contribution in [3.63, 3.8) is 0 Å². The number of rotatable bonds is 3. The Kier molecular flexibility index (Phi) is 6.03. The van der Waals surface area contributed by atoms with Crippen LogP contribution >= 0.6 is 11.6 Å². The summed E-state index contributed by atoms with van der Waals surface area (Å²) in [6.45, 7) is 6.16. The minimum atomic E-state index is -1.03. The lowest BCUT2D eigenvalue weighted by Crippen LogP contribution is -2.32. The molecule has 0 aliphatic carbocycles. The third-order valence-corrected chi connectivity index (χ3v) is 5.51. The molecule has 1 aromatic carbocycles. The molecule has 0 saturated carbocycles. The SMILES string of the molecule is CC(C)(C)c1nnc(C(=O)N[C@@H]2CCN(C(=O)O)Cc3cc(-c4ccnc(Cl)n4)ccc32)o1. The zero-order valence-electron chi connectivity index (χ0n) is 18.4. The Morgan fingerprint density at radius 2 is 2.03 bits per heavy atom. The number of carboxylic acid groups (broad SMARTS) is 1. The third kappa shape index (κ3) is 4.95. The van der Waals surface area contributed by atoms with Crippen LogP contribution in [-0.4, -0.2) is 48.7 Å². The quantitative estimate of drug-likeness (QED) is 0.551. The van der Waals surface area contributed by atoms with Crippen LogP contribution in [0.2, 0.25) is 5.28 Å². The highest BCUT2D eigenvalue weighted by Gasteiger charge is 2.29. The summed E-state index contributed by atoms with van der Waals surface area (Å²) in [4.78, 5) is 34.0. The summed E-state index contributed by atoms with van der Waals surface area (Å²) < 4.78 is 5.55. The smallest absolute Gasteiger partial charge is 0.407 e. The predicted octanol–water partition coefficient (Wildman–Crippen LogP) is 3.83. The van der Waals surface area contributed by atoms with Gasteiger partial charge in [-0.25, -0.2) is 14.8 Å². The van der Waals surface area contributed by atoms with Crippen LogP contribution < -0.4 is 5.32 Å². The molecule has 2 amide bonds. The average molecular weight is 471 g/mol. The first-order chi connectivity index (χ1) is 15.6. The average Bonchev–Trinajstić information content (AvgIpc) is 3.19. The van der Waals surface area contributed by atoms with Crippen molar-refractivity contribution in [1.82, 2.24) is 30.4 Å². The normalized spacial score (nSPS) is 16.1. The lowest BCUT2D eigenvalue weighted by atomic mass is 9.96. The largest absolute Gasteiger partial charge is 0.465 e. The van der Waals surface area contributed by atoms with Crippen LogP contribution in [0, 0.1) is 0 Å². The fraction of sp³-hybridized carbons (Fsp3) is 0.364. The van der Waals surface area contributed by atoms with Crippen molar-refractivity contribution in [2.45, 2.75) is 45.2 Å². The van der Waals surface area contributed by atoms with E-state index in [1.165, 1.54) is 4.90 Å². The molecule has 0 spiro atoms. The number of hydrogen-bond donors (Lipinski definition) is 2. The van der Waals surface area contributed by atoms with Gasteiger partial charge in [-0.3, -0.25) is 4.79 Å². The zero-order chi connectivity index (χ0) is 23.8. The van der Waals surface area contributed by atoms with Gasteiger partial charge in [-0.2, -0.15) is 0 Å². The molecule has 33 heavy (non-hydrogen) atoms. The molecule has 0 bridgehead atoms. The van der Waals surface area contributed by atoms with Gasteiger partial charge in [-0.1, -0.05) is 32.9 Å². The second kappa shape index (κ2) is 8.78. The summed E-state index contributed by atoms with van der Waals surface area (Å²) in [6, 6.07) is 6.87. The standard InChI is InChI=1S/C22H23ClN6O4/c1-22(2,3)19-28-27-18(33-19)17(30)25-16-7-9-29(21(31)32)11-13-10-12(4-5-14(13)16)15-6-8-24-20(23)26-15/h4-6,8,10,16H,7,9,11H2,1-3H3,(H,25,30)(H,31,32)/t16-/m1/s1. The van der Waals surface area contributed by atoms with E-state index in [4.69, 9.17) is 16.0 Å². The van der Waals surface area contributed by atoms with Gasteiger partial charge in [0.1, 0.15) is 0 Å². The topological polar surface area (TPSA) is 134 Å². The first kappa shape index (κ1) is 22.7. The van der Waals surface area contributed by atoms with Gasteiger partial charge < -0.3 is 19.7 Å². The lowest BCUT2D eigenvalue weighted by Gasteiger charge is -2.18. The number of benzene rings is 1. The van der Waals surface area contributed by atoms with Crippen molar-refractivity contribution in [1.29, 1.82) is 0 Å². The molecule has 4 rings (SSSR count). The van der Waals surface area contributed by atoms with Gasteiger partial charge in [0.2, 0.25) is 11.2 Å². The molecule has 0 fully saturated rings. The second-order valence-corrected chi connectivity index (χ2v) is 9.14. The molecule has 1 aliphatic rings. The molecule has 2 N–H and O–H groups in total. The molecule has 0 unspecified atom stereocenters. The molecule has 11 heteroatoms. The Hall–Kier alpha value is -3.53. The van der Waals surface area contributed by atoms with Crippen molar-refractivity contribution in [2.24, 2.45) is 0 Å². The molecule has 1 atom stereocenters. The molecule has 172 valence electrons. The third-order valence-electron chi connectivity index (χ3n) is 5.33. The van der Waals surface area contributed by atoms with Crippen LogP contribution in [-0.2, 0) is 12.0 Å². The maximum atomic E-state index is 12.8. The fourth-order valence-corrected chi connectivity index (χ4v) is 3.76. The number of aromatic nitrogens is 4. The van der Waals surface area contributed by atoms with Gasteiger partial charge in [0.15, 0.2) is 0 Å². The van der Waals surface area contributed by atoms with E-state index >= 15 is 0 Å². The minimum absolute atomic E-state index is 0.119. The molecular weight excluding hydrogens is 448 g/mol. The highest BCUT2D eigenvalue weighted by molar-refractivity contribution is 6.28. The summed E-state index contributed by atoms with van der Waals surface area (Å²) in [7, 11) is 0. The summed E-state index contributed by atoms with van der Waals surface area (Å²) in [5.74, 6) is -0.281. The van der Waals surface area contributed by atoms with Crippen molar-refractivity contribution < 1.29 is 19.1 Å². The lowest BCUT2D eigenvalue weighted by molar-refractivity contribution is 0.0894. The van der Waals surface area contributed by atoms with Crippen LogP contribution in [0.4, 0.5) is 4.79 Å². The van der Waals surface area contributed by atoms with Crippen LogP contribution in [0.15, 0.2) is 34.9 Å². The van der Waals surface area contributed by atoms with Gasteiger partial charge >= 0.3 is 17.9 Å². The maximum absolute atomic E-state index is 12.8. The summed E-state index contributed by atoms with van der Waals surface area (Å²) in [5.41, 5.74) is 2.56. The van der Waals surface area contributed by atoms with Gasteiger partial charge in [0.05, 0.1) is 11.7 Å². The molecule has 1 aliphatic heterocycles. The monoisotopic (exact) mass is 470 g/mol. The summed E-state index contributed by atoms with van der Waals surface area (Å²) in [5, 5.41) is 20.5. The maximum Gasteiger partial charge on any atom is 0.407 e. The van der Waals surface area contributed by atoms with E-state index in [0.717, 1.165) is 16.7 Å². The Bertz CT molecular complexity index is 1210. The van der Waals surface area contributed by atoms with Crippen molar-refractivity contribution in [3.8, 4) is 11.3 Å². The number of amides is 2. The highest BCUT2D eigenvalue weighted by Crippen LogP contribution is 2.31. The van der Waals surface area contributed by atoms with E-state index in [2.05, 4.69) is 25.5 Å². The number of fused-ring (bicyclic) bond motifs is 1. The Labute approximate surface area is 195 Å². The molecule has 0 radical (unpaired) electrons. The molecule has 3 aromatic rings. The molecule has 10 nitrogen and oxygen atoms in total. The predicted molar refractivity (Wildman–Crippen MR) is 119 cm³/mol. The van der Waals surface area contributed by atoms with E-state index in [0.29, 0.717) is 18.0 Å². The van der Waals surface area contributed by atoms with Crippen LogP contribution in [0.1, 0.15) is 60.9 Å². The summed E-state index contributed by atoms with van der Waals surface area (Å²) >= 11 is 5.92. The Morgan fingerprint density at radius 3 is 2.70 bits per heavy atom.